The van der Waals surface area contributed by atoms with E-state index in [1.807, 2.05) is 0 Å². The van der Waals surface area contributed by atoms with Crippen molar-refractivity contribution in [2.24, 2.45) is 11.8 Å². The summed E-state index contributed by atoms with van der Waals surface area (Å²) in [6, 6.07) is 0. The average Bonchev–Trinajstić information content (AvgIpc) is 2.41. The number of rotatable bonds is 2. The van der Waals surface area contributed by atoms with Crippen molar-refractivity contribution in [1.29, 1.82) is 0 Å². The van der Waals surface area contributed by atoms with E-state index in [4.69, 9.17) is 0 Å². The van der Waals surface area contributed by atoms with Gasteiger partial charge in [0.05, 0.1) is 0 Å². The Morgan fingerprint density at radius 3 is 1.05 bits per heavy atom. The molecule has 0 unspecified atom stereocenters. The monoisotopic (exact) mass is 340 g/mol. The molecule has 0 bridgehead atoms. The van der Waals surface area contributed by atoms with Crippen molar-refractivity contribution in [3.63, 3.8) is 0 Å². The van der Waals surface area contributed by atoms with Gasteiger partial charge in [0.2, 0.25) is 0 Å². The van der Waals surface area contributed by atoms with Gasteiger partial charge in [0.25, 0.3) is 0 Å². The second kappa shape index (κ2) is 12.3. The summed E-state index contributed by atoms with van der Waals surface area (Å²) in [5, 5.41) is 20.5. The van der Waals surface area contributed by atoms with Crippen molar-refractivity contribution in [3.8, 4) is 0 Å². The van der Waals surface area contributed by atoms with Crippen LogP contribution >= 0.6 is 0 Å². The second-order valence-electron chi connectivity index (χ2n) is 5.31. The van der Waals surface area contributed by atoms with Crippen LogP contribution in [0.3, 0.4) is 0 Å². The molecule has 0 spiro atoms. The molecule has 2 fully saturated rings. The van der Waals surface area contributed by atoms with Crippen LogP contribution in [-0.2, 0) is 9.59 Å². The summed E-state index contributed by atoms with van der Waals surface area (Å²) in [7, 11) is 0. The van der Waals surface area contributed by atoms with Crippen molar-refractivity contribution in [2.45, 2.75) is 64.2 Å². The van der Waals surface area contributed by atoms with E-state index in [1.54, 1.807) is 0 Å². The van der Waals surface area contributed by atoms with Crippen molar-refractivity contribution >= 4 is 31.7 Å². The molecule has 1 N–H and O–H groups in total. The van der Waals surface area contributed by atoms with Crippen LogP contribution in [-0.4, -0.2) is 37.2 Å². The van der Waals surface area contributed by atoms with Crippen LogP contribution in [0, 0.1) is 11.8 Å². The van der Waals surface area contributed by atoms with E-state index in [1.165, 1.54) is 12.8 Å². The maximum absolute atomic E-state index is 10.2. The summed E-state index contributed by atoms with van der Waals surface area (Å²) in [5.41, 5.74) is 0. The standard InChI is InChI=1S/2C7H12O2.Ga.H2O/c2*8-7(9)6-4-2-1-3-5-6;;/h2*6H,1-5H2,(H,8,9);;1H2/q;;+3;/p-3. The number of carbonyl (C=O) groups excluding carboxylic acids is 2. The van der Waals surface area contributed by atoms with Gasteiger partial charge in [0, 0.05) is 11.9 Å². The smallest absolute Gasteiger partial charge is 0.870 e. The first kappa shape index (κ1) is 21.8. The molecule has 2 rings (SSSR count). The van der Waals surface area contributed by atoms with Gasteiger partial charge in [-0.25, -0.2) is 0 Å². The number of aliphatic carboxylic acids is 2. The van der Waals surface area contributed by atoms with E-state index in [0.29, 0.717) is 0 Å². The van der Waals surface area contributed by atoms with Crippen molar-refractivity contribution in [2.75, 3.05) is 0 Å². The normalized spacial score (nSPS) is 19.6. The van der Waals surface area contributed by atoms with Crippen molar-refractivity contribution in [1.82, 2.24) is 0 Å². The molecule has 0 aliphatic heterocycles. The number of carboxylic acid groups (broad SMARTS) is 2. The third-order valence-electron chi connectivity index (χ3n) is 3.88. The fourth-order valence-corrected chi connectivity index (χ4v) is 2.68. The molecule has 0 aromatic rings. The Balaban J connectivity index is 0. The van der Waals surface area contributed by atoms with Gasteiger partial charge in [-0.05, 0) is 37.5 Å². The summed E-state index contributed by atoms with van der Waals surface area (Å²) in [5.74, 6) is -1.98. The molecule has 112 valence electrons. The topological polar surface area (TPSA) is 110 Å². The Kier molecular flexibility index (Phi) is 13.4. The first-order valence-electron chi connectivity index (χ1n) is 7.03. The van der Waals surface area contributed by atoms with Gasteiger partial charge in [0.15, 0.2) is 0 Å². The molecule has 6 heteroatoms. The number of hydrogen-bond acceptors (Lipinski definition) is 5. The Morgan fingerprint density at radius 1 is 0.650 bits per heavy atom. The summed E-state index contributed by atoms with van der Waals surface area (Å²) < 4.78 is 0. The SMILES string of the molecule is O=C([O-])C1CCCCC1.O=C([O-])C1CCCCC1.[Ga+3].[OH-]. The van der Waals surface area contributed by atoms with Crippen molar-refractivity contribution in [3.05, 3.63) is 0 Å². The minimum atomic E-state index is -0.852. The number of carbonyl (C=O) groups is 2. The van der Waals surface area contributed by atoms with E-state index in [-0.39, 0.29) is 37.1 Å². The van der Waals surface area contributed by atoms with Crippen LogP contribution in [0.25, 0.3) is 0 Å². The van der Waals surface area contributed by atoms with Crippen LogP contribution in [0.15, 0.2) is 0 Å². The van der Waals surface area contributed by atoms with Gasteiger partial charge >= 0.3 is 19.8 Å². The van der Waals surface area contributed by atoms with Gasteiger partial charge in [-0.2, -0.15) is 0 Å². The second-order valence-corrected chi connectivity index (χ2v) is 5.31. The Bertz CT molecular complexity index is 243. The first-order chi connectivity index (χ1) is 8.61. The molecule has 0 heterocycles. The van der Waals surface area contributed by atoms with Gasteiger partial charge in [-0.1, -0.05) is 38.5 Å². The van der Waals surface area contributed by atoms with Crippen LogP contribution < -0.4 is 10.2 Å². The van der Waals surface area contributed by atoms with Gasteiger partial charge in [-0.15, -0.1) is 0 Å². The fraction of sp³-hybridized carbons (Fsp3) is 0.857. The van der Waals surface area contributed by atoms with Gasteiger partial charge in [0.1, 0.15) is 0 Å². The van der Waals surface area contributed by atoms with Crippen LogP contribution in [0.2, 0.25) is 0 Å². The Hall–Kier alpha value is -0.464. The molecule has 20 heavy (non-hydrogen) atoms. The first-order valence-corrected chi connectivity index (χ1v) is 7.03. The fourth-order valence-electron chi connectivity index (χ4n) is 2.68. The van der Waals surface area contributed by atoms with Crippen LogP contribution in [0.1, 0.15) is 64.2 Å². The van der Waals surface area contributed by atoms with E-state index < -0.39 is 11.9 Å². The molecule has 0 aromatic heterocycles. The zero-order valence-corrected chi connectivity index (χ0v) is 14.3. The Morgan fingerprint density at radius 2 is 0.900 bits per heavy atom. The summed E-state index contributed by atoms with van der Waals surface area (Å²) in [6.45, 7) is 0. The molecule has 0 amide bonds. The average molecular weight is 341 g/mol. The van der Waals surface area contributed by atoms with Crippen molar-refractivity contribution < 1.29 is 25.3 Å². The molecule has 0 radical (unpaired) electrons. The summed E-state index contributed by atoms with van der Waals surface area (Å²) in [6.07, 6.45) is 10.0. The maximum atomic E-state index is 10.2. The molecule has 2 saturated carbocycles. The van der Waals surface area contributed by atoms with E-state index in [0.717, 1.165) is 51.4 Å². The summed E-state index contributed by atoms with van der Waals surface area (Å²) in [4.78, 5) is 20.5. The molecule has 5 nitrogen and oxygen atoms in total. The third kappa shape index (κ3) is 8.66. The van der Waals surface area contributed by atoms with Gasteiger partial charge in [-0.3, -0.25) is 0 Å². The third-order valence-corrected chi connectivity index (χ3v) is 3.88. The zero-order valence-electron chi connectivity index (χ0n) is 11.9. The van der Waals surface area contributed by atoms with Gasteiger partial charge < -0.3 is 25.3 Å². The molecular weight excluding hydrogens is 318 g/mol. The largest absolute Gasteiger partial charge is 3.00 e. The molecule has 0 saturated heterocycles. The number of carboxylic acids is 2. The zero-order chi connectivity index (χ0) is 13.4. The molecule has 0 aromatic carbocycles. The minimum absolute atomic E-state index is 0. The Labute approximate surface area is 133 Å². The van der Waals surface area contributed by atoms with E-state index in [2.05, 4.69) is 0 Å². The number of hydrogen-bond donors (Lipinski definition) is 0. The predicted octanol–water partition coefficient (Wildman–Crippen LogP) is 0.0756. The molecule has 2 aliphatic rings. The van der Waals surface area contributed by atoms with E-state index in [9.17, 15) is 19.8 Å². The molecule has 2 aliphatic carbocycles. The quantitative estimate of drug-likeness (QED) is 0.661. The molecular formula is C14H23GaO5. The minimum Gasteiger partial charge on any atom is -0.870 e. The maximum Gasteiger partial charge on any atom is 3.00 e. The van der Waals surface area contributed by atoms with Crippen LogP contribution in [0.4, 0.5) is 0 Å². The van der Waals surface area contributed by atoms with Crippen LogP contribution in [0.5, 0.6) is 0 Å². The predicted molar refractivity (Wildman–Crippen MR) is 70.9 cm³/mol. The van der Waals surface area contributed by atoms with E-state index >= 15 is 0 Å². The summed E-state index contributed by atoms with van der Waals surface area (Å²) >= 11 is 0. The molecule has 0 atom stereocenters.